The van der Waals surface area contributed by atoms with Crippen LogP contribution in [0.3, 0.4) is 0 Å². The minimum absolute atomic E-state index is 0.134. The van der Waals surface area contributed by atoms with Gasteiger partial charge in [-0.05, 0) is 43.4 Å². The Balaban J connectivity index is 1.57. The molecule has 1 aromatic rings. The van der Waals surface area contributed by atoms with E-state index in [0.717, 1.165) is 57.4 Å². The molecule has 22 heavy (non-hydrogen) atoms. The van der Waals surface area contributed by atoms with E-state index in [0.29, 0.717) is 6.04 Å². The van der Waals surface area contributed by atoms with Crippen molar-refractivity contribution in [2.45, 2.75) is 44.8 Å². The first-order valence-electron chi connectivity index (χ1n) is 8.49. The van der Waals surface area contributed by atoms with Gasteiger partial charge in [-0.15, -0.1) is 0 Å². The van der Waals surface area contributed by atoms with Crippen LogP contribution in [0.15, 0.2) is 24.3 Å². The highest BCUT2D eigenvalue weighted by Gasteiger charge is 2.33. The summed E-state index contributed by atoms with van der Waals surface area (Å²) in [6.07, 6.45) is 3.95. The summed E-state index contributed by atoms with van der Waals surface area (Å²) in [6, 6.07) is 8.26. The number of piperazine rings is 1. The summed E-state index contributed by atoms with van der Waals surface area (Å²) in [5, 5.41) is 10.0. The van der Waals surface area contributed by atoms with E-state index in [9.17, 15) is 9.90 Å². The number of carbonyl (C=O) groups is 1. The molecule has 1 aliphatic carbocycles. The Kier molecular flexibility index (Phi) is 4.79. The van der Waals surface area contributed by atoms with Gasteiger partial charge in [-0.25, -0.2) is 0 Å². The van der Waals surface area contributed by atoms with E-state index in [1.807, 2.05) is 29.2 Å². The molecule has 2 aliphatic rings. The molecule has 2 fully saturated rings. The number of amides is 1. The van der Waals surface area contributed by atoms with Gasteiger partial charge in [-0.3, -0.25) is 9.69 Å². The molecule has 1 saturated carbocycles. The highest BCUT2D eigenvalue weighted by molar-refractivity contribution is 5.94. The third-order valence-electron chi connectivity index (χ3n) is 5.12. The first kappa shape index (κ1) is 15.5. The molecule has 0 radical (unpaired) electrons. The van der Waals surface area contributed by atoms with Gasteiger partial charge in [-0.1, -0.05) is 19.1 Å². The van der Waals surface area contributed by atoms with Crippen molar-refractivity contribution in [1.29, 1.82) is 0 Å². The van der Waals surface area contributed by atoms with Crippen molar-refractivity contribution in [3.05, 3.63) is 35.4 Å². The highest BCUT2D eigenvalue weighted by Crippen LogP contribution is 2.25. The van der Waals surface area contributed by atoms with Gasteiger partial charge in [0.25, 0.3) is 5.91 Å². The largest absolute Gasteiger partial charge is 0.391 e. The summed E-state index contributed by atoms with van der Waals surface area (Å²) in [7, 11) is 0. The fourth-order valence-corrected chi connectivity index (χ4v) is 3.67. The lowest BCUT2D eigenvalue weighted by atomic mass is 10.1. The third kappa shape index (κ3) is 3.18. The summed E-state index contributed by atoms with van der Waals surface area (Å²) < 4.78 is 0. The summed E-state index contributed by atoms with van der Waals surface area (Å²) in [6.45, 7) is 5.39. The van der Waals surface area contributed by atoms with Crippen LogP contribution >= 0.6 is 0 Å². The van der Waals surface area contributed by atoms with Crippen molar-refractivity contribution < 1.29 is 9.90 Å². The summed E-state index contributed by atoms with van der Waals surface area (Å²) >= 11 is 0. The van der Waals surface area contributed by atoms with Crippen LogP contribution in [-0.2, 0) is 6.42 Å². The molecule has 0 aromatic heterocycles. The minimum atomic E-state index is -0.177. The van der Waals surface area contributed by atoms with Gasteiger partial charge in [-0.2, -0.15) is 0 Å². The van der Waals surface area contributed by atoms with Crippen LogP contribution in [0.25, 0.3) is 0 Å². The molecule has 1 heterocycles. The lowest BCUT2D eigenvalue weighted by Crippen LogP contribution is -2.53. The first-order valence-corrected chi connectivity index (χ1v) is 8.49. The standard InChI is InChI=1S/C18H26N2O2/c1-2-14-6-8-15(9-7-14)18(22)20-12-10-19(11-13-20)16-4-3-5-17(16)21/h6-9,16-17,21H,2-5,10-13H2,1H3/t16-,17+/m0/s1. The average molecular weight is 302 g/mol. The molecule has 1 aromatic carbocycles. The molecule has 0 unspecified atom stereocenters. The predicted molar refractivity (Wildman–Crippen MR) is 86.9 cm³/mol. The normalized spacial score (nSPS) is 26.4. The molecule has 0 spiro atoms. The van der Waals surface area contributed by atoms with E-state index in [2.05, 4.69) is 11.8 Å². The van der Waals surface area contributed by atoms with Gasteiger partial charge >= 0.3 is 0 Å². The van der Waals surface area contributed by atoms with Crippen LogP contribution in [0.2, 0.25) is 0 Å². The smallest absolute Gasteiger partial charge is 0.253 e. The van der Waals surface area contributed by atoms with Gasteiger partial charge < -0.3 is 10.0 Å². The fraction of sp³-hybridized carbons (Fsp3) is 0.611. The Morgan fingerprint density at radius 1 is 1.14 bits per heavy atom. The van der Waals surface area contributed by atoms with Crippen molar-refractivity contribution in [3.8, 4) is 0 Å². The van der Waals surface area contributed by atoms with Crippen molar-refractivity contribution in [2.75, 3.05) is 26.2 Å². The molecular weight excluding hydrogens is 276 g/mol. The Labute approximate surface area is 132 Å². The maximum absolute atomic E-state index is 12.5. The van der Waals surface area contributed by atoms with Crippen LogP contribution in [0, 0.1) is 0 Å². The van der Waals surface area contributed by atoms with E-state index in [1.165, 1.54) is 5.56 Å². The fourth-order valence-electron chi connectivity index (χ4n) is 3.67. The van der Waals surface area contributed by atoms with E-state index in [-0.39, 0.29) is 12.0 Å². The van der Waals surface area contributed by atoms with E-state index < -0.39 is 0 Å². The molecule has 120 valence electrons. The van der Waals surface area contributed by atoms with Gasteiger partial charge in [0, 0.05) is 37.8 Å². The Morgan fingerprint density at radius 3 is 2.36 bits per heavy atom. The monoisotopic (exact) mass is 302 g/mol. The molecular formula is C18H26N2O2. The number of nitrogens with zero attached hydrogens (tertiary/aromatic N) is 2. The van der Waals surface area contributed by atoms with Crippen LogP contribution in [0.5, 0.6) is 0 Å². The molecule has 1 amide bonds. The zero-order valence-corrected chi connectivity index (χ0v) is 13.4. The van der Waals surface area contributed by atoms with Gasteiger partial charge in [0.2, 0.25) is 0 Å². The van der Waals surface area contributed by atoms with Crippen LogP contribution in [0.1, 0.15) is 42.1 Å². The molecule has 2 atom stereocenters. The number of carbonyl (C=O) groups excluding carboxylic acids is 1. The second-order valence-corrected chi connectivity index (χ2v) is 6.44. The summed E-state index contributed by atoms with van der Waals surface area (Å²) in [4.78, 5) is 16.9. The maximum atomic E-state index is 12.5. The SMILES string of the molecule is CCc1ccc(C(=O)N2CCN([C@H]3CCC[C@H]3O)CC2)cc1. The van der Waals surface area contributed by atoms with Crippen LogP contribution < -0.4 is 0 Å². The Hall–Kier alpha value is -1.39. The minimum Gasteiger partial charge on any atom is -0.391 e. The van der Waals surface area contributed by atoms with Gasteiger partial charge in [0.1, 0.15) is 0 Å². The molecule has 1 saturated heterocycles. The summed E-state index contributed by atoms with van der Waals surface area (Å²) in [5.74, 6) is 0.134. The number of aryl methyl sites for hydroxylation is 1. The molecule has 0 bridgehead atoms. The Morgan fingerprint density at radius 2 is 1.82 bits per heavy atom. The van der Waals surface area contributed by atoms with Crippen LogP contribution in [-0.4, -0.2) is 59.1 Å². The maximum Gasteiger partial charge on any atom is 0.253 e. The molecule has 4 nitrogen and oxygen atoms in total. The number of rotatable bonds is 3. The lowest BCUT2D eigenvalue weighted by molar-refractivity contribution is 0.0315. The van der Waals surface area contributed by atoms with Crippen molar-refractivity contribution in [1.82, 2.24) is 9.80 Å². The Bertz CT molecular complexity index is 506. The average Bonchev–Trinajstić information content (AvgIpc) is 3.00. The van der Waals surface area contributed by atoms with Gasteiger partial charge in [0.15, 0.2) is 0 Å². The number of aliphatic hydroxyl groups is 1. The predicted octanol–water partition coefficient (Wildman–Crippen LogP) is 1.92. The second kappa shape index (κ2) is 6.80. The number of hydrogen-bond acceptors (Lipinski definition) is 3. The topological polar surface area (TPSA) is 43.8 Å². The molecule has 3 rings (SSSR count). The number of aliphatic hydroxyl groups excluding tert-OH is 1. The zero-order chi connectivity index (χ0) is 15.5. The summed E-state index contributed by atoms with van der Waals surface area (Å²) in [5.41, 5.74) is 2.04. The molecule has 1 aliphatic heterocycles. The zero-order valence-electron chi connectivity index (χ0n) is 13.4. The number of hydrogen-bond donors (Lipinski definition) is 1. The van der Waals surface area contributed by atoms with E-state index in [4.69, 9.17) is 0 Å². The van der Waals surface area contributed by atoms with E-state index >= 15 is 0 Å². The first-order chi connectivity index (χ1) is 10.7. The van der Waals surface area contributed by atoms with Crippen molar-refractivity contribution in [3.63, 3.8) is 0 Å². The van der Waals surface area contributed by atoms with Crippen molar-refractivity contribution >= 4 is 5.91 Å². The van der Waals surface area contributed by atoms with Crippen molar-refractivity contribution in [2.24, 2.45) is 0 Å². The molecule has 4 heteroatoms. The number of benzene rings is 1. The van der Waals surface area contributed by atoms with Crippen LogP contribution in [0.4, 0.5) is 0 Å². The third-order valence-corrected chi connectivity index (χ3v) is 5.12. The highest BCUT2D eigenvalue weighted by atomic mass is 16.3. The lowest BCUT2D eigenvalue weighted by Gasteiger charge is -2.39. The second-order valence-electron chi connectivity index (χ2n) is 6.44. The molecule has 1 N–H and O–H groups in total. The quantitative estimate of drug-likeness (QED) is 0.928. The van der Waals surface area contributed by atoms with Gasteiger partial charge in [0.05, 0.1) is 6.10 Å². The van der Waals surface area contributed by atoms with E-state index in [1.54, 1.807) is 0 Å².